The van der Waals surface area contributed by atoms with Gasteiger partial charge in [0.2, 0.25) is 0 Å². The van der Waals surface area contributed by atoms with Gasteiger partial charge in [0.1, 0.15) is 24.0 Å². The summed E-state index contributed by atoms with van der Waals surface area (Å²) in [5, 5.41) is 17.6. The maximum Gasteiger partial charge on any atom is 0.430 e. The molecule has 0 radical (unpaired) electrons. The van der Waals surface area contributed by atoms with Crippen molar-refractivity contribution in [2.75, 3.05) is 0 Å². The minimum Gasteiger partial charge on any atom is -0.542 e. The zero-order valence-corrected chi connectivity index (χ0v) is 10.5. The molecule has 2 unspecified atom stereocenters. The zero-order chi connectivity index (χ0) is 17.3. The van der Waals surface area contributed by atoms with E-state index in [0.29, 0.717) is 12.1 Å². The molecule has 20 heavy (non-hydrogen) atoms. The Labute approximate surface area is 109 Å². The lowest BCUT2D eigenvalue weighted by atomic mass is 10.2. The van der Waals surface area contributed by atoms with Gasteiger partial charge in [0.25, 0.3) is 0 Å². The highest BCUT2D eigenvalue weighted by atomic mass is 19.4. The van der Waals surface area contributed by atoms with Gasteiger partial charge in [-0.15, -0.1) is 0 Å². The van der Waals surface area contributed by atoms with E-state index in [2.05, 4.69) is 25.3 Å². The summed E-state index contributed by atoms with van der Waals surface area (Å²) < 4.78 is 63.1. The van der Waals surface area contributed by atoms with E-state index in [1.165, 1.54) is 0 Å². The third-order valence-electron chi connectivity index (χ3n) is 1.43. The van der Waals surface area contributed by atoms with Crippen molar-refractivity contribution in [3.05, 3.63) is 0 Å². The average molecular weight is 316 g/mol. The molecule has 0 heterocycles. The number of hydrogen-bond donors (Lipinski definition) is 2. The molecule has 0 bridgehead atoms. The highest BCUT2D eigenvalue weighted by Gasteiger charge is 2.29. The van der Waals surface area contributed by atoms with E-state index >= 15 is 0 Å². The zero-order valence-electron chi connectivity index (χ0n) is 10.5. The van der Waals surface area contributed by atoms with Gasteiger partial charge in [0.15, 0.2) is 0 Å². The molecule has 0 saturated heterocycles. The predicted octanol–water partition coefficient (Wildman–Crippen LogP) is -3.16. The van der Waals surface area contributed by atoms with E-state index in [4.69, 9.17) is 19.8 Å². The Balaban J connectivity index is -0.000000218. The summed E-state index contributed by atoms with van der Waals surface area (Å²) in [7, 11) is 0. The van der Waals surface area contributed by atoms with Crippen molar-refractivity contribution in [2.45, 2.75) is 38.3 Å². The third kappa shape index (κ3) is 18.8. The van der Waals surface area contributed by atoms with E-state index in [9.17, 15) is 26.3 Å². The fraction of sp³-hybridized carbons (Fsp3) is 0.750. The van der Waals surface area contributed by atoms with Gasteiger partial charge in [-0.1, -0.05) is 0 Å². The van der Waals surface area contributed by atoms with Crippen LogP contribution in [0.15, 0.2) is 0 Å². The normalized spacial score (nSPS) is 13.9. The standard InChI is InChI=1S/C4H12N2.2C2HF3O2/c1-3(5)4(2)6;2*3-2(4,5)1(6)7/h3-4H,5-6H2,1-2H3;2*(H,6,7). The van der Waals surface area contributed by atoms with E-state index in [-0.39, 0.29) is 0 Å². The molecule has 0 aliphatic carbocycles. The van der Waals surface area contributed by atoms with Gasteiger partial charge >= 0.3 is 12.4 Å². The third-order valence-corrected chi connectivity index (χ3v) is 1.43. The predicted molar refractivity (Wildman–Crippen MR) is 46.8 cm³/mol. The van der Waals surface area contributed by atoms with Crippen LogP contribution >= 0.6 is 0 Å². The molecule has 0 aromatic carbocycles. The van der Waals surface area contributed by atoms with Crippen LogP contribution in [-0.2, 0) is 9.59 Å². The average Bonchev–Trinajstić information content (AvgIpc) is 2.15. The molecule has 0 fully saturated rings. The van der Waals surface area contributed by atoms with Crippen molar-refractivity contribution in [3.8, 4) is 0 Å². The molecule has 6 N–H and O–H groups in total. The minimum absolute atomic E-state index is 0.491. The first kappa shape index (κ1) is 23.5. The lowest BCUT2D eigenvalue weighted by molar-refractivity contribution is -0.520. The summed E-state index contributed by atoms with van der Waals surface area (Å²) >= 11 is 0. The number of quaternary nitrogens is 2. The van der Waals surface area contributed by atoms with Crippen molar-refractivity contribution in [1.82, 2.24) is 0 Å². The lowest BCUT2D eigenvalue weighted by Crippen LogP contribution is -2.77. The number of carboxylic acids is 2. The summed E-state index contributed by atoms with van der Waals surface area (Å²) in [5.74, 6) is -6.01. The molecule has 0 saturated carbocycles. The van der Waals surface area contributed by atoms with Crippen LogP contribution in [0.5, 0.6) is 0 Å². The number of hydrogen-bond acceptors (Lipinski definition) is 4. The number of rotatable bonds is 1. The van der Waals surface area contributed by atoms with Gasteiger partial charge in [-0.3, -0.25) is 0 Å². The van der Waals surface area contributed by atoms with Crippen molar-refractivity contribution >= 4 is 11.9 Å². The molecule has 6 nitrogen and oxygen atoms in total. The molecule has 0 aliphatic rings. The number of carboxylic acid groups (broad SMARTS) is 2. The largest absolute Gasteiger partial charge is 0.542 e. The maximum absolute atomic E-state index is 10.5. The fourth-order valence-corrected chi connectivity index (χ4v) is 0. The van der Waals surface area contributed by atoms with E-state index in [1.54, 1.807) is 0 Å². The number of alkyl halides is 6. The maximum atomic E-state index is 10.5. The van der Waals surface area contributed by atoms with Crippen LogP contribution in [0.1, 0.15) is 13.8 Å². The van der Waals surface area contributed by atoms with E-state index < -0.39 is 24.3 Å². The summed E-state index contributed by atoms with van der Waals surface area (Å²) in [5.41, 5.74) is 7.55. The van der Waals surface area contributed by atoms with Gasteiger partial charge in [0.05, 0.1) is 0 Å². The van der Waals surface area contributed by atoms with E-state index in [0.717, 1.165) is 0 Å². The molecule has 0 spiro atoms. The van der Waals surface area contributed by atoms with Gasteiger partial charge < -0.3 is 31.3 Å². The molecule has 0 amide bonds. The Morgan fingerprint density at radius 3 is 0.900 bits per heavy atom. The minimum atomic E-state index is -5.19. The Morgan fingerprint density at radius 2 is 0.900 bits per heavy atom. The number of carbonyl (C=O) groups is 2. The molecule has 0 aliphatic heterocycles. The monoisotopic (exact) mass is 316 g/mol. The highest BCUT2D eigenvalue weighted by molar-refractivity contribution is 5.71. The lowest BCUT2D eigenvalue weighted by Gasteiger charge is -2.03. The van der Waals surface area contributed by atoms with Crippen molar-refractivity contribution in [1.29, 1.82) is 0 Å². The second-order valence-corrected chi connectivity index (χ2v) is 3.53. The second-order valence-electron chi connectivity index (χ2n) is 3.53. The van der Waals surface area contributed by atoms with Crippen LogP contribution in [0, 0.1) is 0 Å². The fourth-order valence-electron chi connectivity index (χ4n) is 0. The molecule has 0 aromatic heterocycles. The first-order chi connectivity index (χ1) is 8.53. The quantitative estimate of drug-likeness (QED) is 0.494. The summed E-state index contributed by atoms with van der Waals surface area (Å²) in [6.07, 6.45) is -10.4. The first-order valence-electron chi connectivity index (χ1n) is 4.75. The SMILES string of the molecule is CC([NH3+])C(C)[NH3+].O=C([O-])C(F)(F)F.O=C([O-])C(F)(F)F. The Morgan fingerprint density at radius 1 is 0.800 bits per heavy atom. The van der Waals surface area contributed by atoms with Crippen LogP contribution in [0.2, 0.25) is 0 Å². The molecule has 0 rings (SSSR count). The Hall–Kier alpha value is -1.56. The second kappa shape index (κ2) is 9.36. The molecule has 122 valence electrons. The number of halogens is 6. The van der Waals surface area contributed by atoms with Crippen molar-refractivity contribution < 1.29 is 57.6 Å². The van der Waals surface area contributed by atoms with Crippen molar-refractivity contribution in [3.63, 3.8) is 0 Å². The van der Waals surface area contributed by atoms with Crippen LogP contribution < -0.4 is 21.7 Å². The van der Waals surface area contributed by atoms with Gasteiger partial charge in [-0.25, -0.2) is 0 Å². The van der Waals surface area contributed by atoms with Gasteiger partial charge in [0, 0.05) is 0 Å². The molecule has 2 atom stereocenters. The van der Waals surface area contributed by atoms with Crippen LogP contribution in [0.25, 0.3) is 0 Å². The number of aliphatic carboxylic acids is 2. The van der Waals surface area contributed by atoms with Gasteiger partial charge in [-0.2, -0.15) is 26.3 Å². The molecular weight excluding hydrogens is 302 g/mol. The summed E-state index contributed by atoms with van der Waals surface area (Å²) in [4.78, 5) is 17.6. The summed E-state index contributed by atoms with van der Waals surface area (Å²) in [6, 6.07) is 0.981. The van der Waals surface area contributed by atoms with Crippen LogP contribution in [0.4, 0.5) is 26.3 Å². The first-order valence-corrected chi connectivity index (χ1v) is 4.75. The Bertz CT molecular complexity index is 270. The summed E-state index contributed by atoms with van der Waals surface area (Å²) in [6.45, 7) is 4.13. The van der Waals surface area contributed by atoms with Crippen molar-refractivity contribution in [2.24, 2.45) is 0 Å². The molecule has 0 aromatic rings. The smallest absolute Gasteiger partial charge is 0.430 e. The Kier molecular flexibility index (Phi) is 11.0. The van der Waals surface area contributed by atoms with E-state index in [1.807, 2.05) is 0 Å². The van der Waals surface area contributed by atoms with Crippen LogP contribution in [-0.4, -0.2) is 36.4 Å². The highest BCUT2D eigenvalue weighted by Crippen LogP contribution is 2.12. The topological polar surface area (TPSA) is 136 Å². The molecular formula is C8H14F6N2O4. The molecule has 12 heteroatoms. The van der Waals surface area contributed by atoms with Gasteiger partial charge in [-0.05, 0) is 13.8 Å². The van der Waals surface area contributed by atoms with Crippen LogP contribution in [0.3, 0.4) is 0 Å². The number of carbonyl (C=O) groups excluding carboxylic acids is 2.